The number of nitrogens with zero attached hydrogens (tertiary/aromatic N) is 1. The molecule has 1 aliphatic rings. The zero-order valence-corrected chi connectivity index (χ0v) is 23.2. The Labute approximate surface area is 214 Å². The molecule has 0 saturated heterocycles. The fourth-order valence-corrected chi connectivity index (χ4v) is 4.82. The second-order valence-electron chi connectivity index (χ2n) is 8.74. The Bertz CT molecular complexity index is 1140. The summed E-state index contributed by atoms with van der Waals surface area (Å²) in [5, 5.41) is 0. The summed E-state index contributed by atoms with van der Waals surface area (Å²) in [5.41, 5.74) is 6.33. The van der Waals surface area contributed by atoms with E-state index in [0.717, 1.165) is 26.6 Å². The molecule has 1 amide bonds. The molecule has 3 rings (SSSR count). The molecule has 1 heterocycles. The van der Waals surface area contributed by atoms with E-state index in [1.54, 1.807) is 17.0 Å². The van der Waals surface area contributed by atoms with E-state index in [1.165, 1.54) is 0 Å². The van der Waals surface area contributed by atoms with Gasteiger partial charge in [0, 0.05) is 11.5 Å². The van der Waals surface area contributed by atoms with Crippen LogP contribution in [0.3, 0.4) is 0 Å². The van der Waals surface area contributed by atoms with E-state index in [9.17, 15) is 4.79 Å². The molecule has 3 nitrogen and oxygen atoms in total. The molecular formula is C27H27Br2NO2Si. The molecule has 2 atom stereocenters. The fraction of sp³-hybridized carbons (Fsp3) is 0.222. The third-order valence-corrected chi connectivity index (χ3v) is 6.40. The first-order valence-electron chi connectivity index (χ1n) is 10.7. The molecule has 0 aliphatic carbocycles. The maximum Gasteiger partial charge on any atom is 0.421 e. The average Bonchev–Trinajstić information content (AvgIpc) is 2.76. The minimum atomic E-state index is -1.67. The number of ether oxygens (including phenoxy) is 1. The Balaban J connectivity index is 2.14. The van der Waals surface area contributed by atoms with Gasteiger partial charge in [-0.25, -0.2) is 4.79 Å². The van der Waals surface area contributed by atoms with Crippen LogP contribution in [0.5, 0.6) is 5.75 Å². The van der Waals surface area contributed by atoms with Gasteiger partial charge in [0.2, 0.25) is 0 Å². The summed E-state index contributed by atoms with van der Waals surface area (Å²) in [6.07, 6.45) is 6.41. The predicted octanol–water partition coefficient (Wildman–Crippen LogP) is 8.16. The van der Waals surface area contributed by atoms with Gasteiger partial charge in [-0.3, -0.25) is 4.90 Å². The fourth-order valence-electron chi connectivity index (χ4n) is 3.60. The van der Waals surface area contributed by atoms with Crippen molar-refractivity contribution in [3.05, 3.63) is 88.4 Å². The van der Waals surface area contributed by atoms with Crippen LogP contribution in [0.15, 0.2) is 82.8 Å². The normalized spacial score (nSPS) is 15.8. The quantitative estimate of drug-likeness (QED) is 0.201. The molecule has 33 heavy (non-hydrogen) atoms. The summed E-state index contributed by atoms with van der Waals surface area (Å²) >= 11 is 7.01. The largest absolute Gasteiger partial charge is 0.421 e. The molecule has 0 saturated carbocycles. The lowest BCUT2D eigenvalue weighted by molar-refractivity contribution is 0.207. The van der Waals surface area contributed by atoms with Crippen LogP contribution in [0, 0.1) is 17.4 Å². The minimum Gasteiger partial charge on any atom is -0.410 e. The van der Waals surface area contributed by atoms with Crippen LogP contribution >= 0.6 is 31.9 Å². The molecule has 2 aromatic carbocycles. The lowest BCUT2D eigenvalue weighted by Gasteiger charge is -2.34. The summed E-state index contributed by atoms with van der Waals surface area (Å²) in [5.74, 6) is 3.96. The number of carbonyl (C=O) groups excluding carboxylic acids is 1. The first kappa shape index (κ1) is 25.3. The van der Waals surface area contributed by atoms with Crippen LogP contribution in [-0.4, -0.2) is 20.2 Å². The Morgan fingerprint density at radius 1 is 1.15 bits per heavy atom. The summed E-state index contributed by atoms with van der Waals surface area (Å²) in [6, 6.07) is 16.6. The molecule has 0 aromatic heterocycles. The van der Waals surface area contributed by atoms with Gasteiger partial charge in [0.25, 0.3) is 0 Å². The highest BCUT2D eigenvalue weighted by Crippen LogP contribution is 2.41. The average molecular weight is 585 g/mol. The number of fused-ring (bicyclic) bond motifs is 1. The highest BCUT2D eigenvalue weighted by Gasteiger charge is 2.33. The van der Waals surface area contributed by atoms with Crippen molar-refractivity contribution in [3.8, 4) is 17.2 Å². The zero-order chi connectivity index (χ0) is 24.0. The van der Waals surface area contributed by atoms with Crippen molar-refractivity contribution in [2.24, 2.45) is 5.92 Å². The topological polar surface area (TPSA) is 29.5 Å². The summed E-state index contributed by atoms with van der Waals surface area (Å²) in [4.78, 5) is 15.1. The van der Waals surface area contributed by atoms with Gasteiger partial charge in [-0.05, 0) is 68.1 Å². The molecule has 6 heteroatoms. The van der Waals surface area contributed by atoms with E-state index in [1.807, 2.05) is 48.5 Å². The number of carbonyl (C=O) groups is 1. The maximum atomic E-state index is 13.4. The standard InChI is InChI=1S/C27H27Br2NO2Si/c1-5-11-20(18-26(28)29)24-19-21(16-17-33(2,3)4)30(25-15-10-9-14-23(24)25)27(31)32-22-12-7-6-8-13-22/h5-10,12-15,18-21H,1,11H2,2-4H3/t20-,21-/m1/s1. The number of hydrogen-bond donors (Lipinski definition) is 0. The predicted molar refractivity (Wildman–Crippen MR) is 149 cm³/mol. The maximum absolute atomic E-state index is 13.4. The first-order chi connectivity index (χ1) is 15.7. The number of para-hydroxylation sites is 2. The molecule has 0 bridgehead atoms. The first-order valence-corrected chi connectivity index (χ1v) is 15.8. The number of rotatable bonds is 5. The zero-order valence-electron chi connectivity index (χ0n) is 19.0. The van der Waals surface area contributed by atoms with Gasteiger partial charge in [-0.1, -0.05) is 74.1 Å². The van der Waals surface area contributed by atoms with Crippen LogP contribution in [0.2, 0.25) is 19.6 Å². The van der Waals surface area contributed by atoms with E-state index in [2.05, 4.69) is 81.7 Å². The van der Waals surface area contributed by atoms with Crippen LogP contribution < -0.4 is 9.64 Å². The summed E-state index contributed by atoms with van der Waals surface area (Å²) in [7, 11) is -1.67. The number of halogens is 2. The summed E-state index contributed by atoms with van der Waals surface area (Å²) in [6.45, 7) is 10.5. The number of hydrogen-bond acceptors (Lipinski definition) is 2. The van der Waals surface area contributed by atoms with E-state index in [4.69, 9.17) is 4.74 Å². The van der Waals surface area contributed by atoms with Crippen molar-refractivity contribution < 1.29 is 9.53 Å². The van der Waals surface area contributed by atoms with Gasteiger partial charge >= 0.3 is 6.09 Å². The van der Waals surface area contributed by atoms with Crippen molar-refractivity contribution in [3.63, 3.8) is 0 Å². The number of amides is 1. The van der Waals surface area contributed by atoms with E-state index < -0.39 is 20.2 Å². The van der Waals surface area contributed by atoms with Crippen molar-refractivity contribution in [2.45, 2.75) is 32.1 Å². The summed E-state index contributed by atoms with van der Waals surface area (Å²) < 4.78 is 6.61. The van der Waals surface area contributed by atoms with Crippen molar-refractivity contribution >= 4 is 57.3 Å². The van der Waals surface area contributed by atoms with Crippen molar-refractivity contribution in [2.75, 3.05) is 4.90 Å². The Kier molecular flexibility index (Phi) is 8.58. The van der Waals surface area contributed by atoms with Gasteiger partial charge in [0.05, 0.1) is 9.08 Å². The third kappa shape index (κ3) is 6.83. The molecule has 0 radical (unpaired) electrons. The Morgan fingerprint density at radius 3 is 2.45 bits per heavy atom. The smallest absolute Gasteiger partial charge is 0.410 e. The third-order valence-electron chi connectivity index (χ3n) is 4.98. The Morgan fingerprint density at radius 2 is 1.82 bits per heavy atom. The molecule has 0 unspecified atom stereocenters. The molecule has 0 N–H and O–H groups in total. The lowest BCUT2D eigenvalue weighted by atomic mass is 9.85. The van der Waals surface area contributed by atoms with Gasteiger partial charge in [-0.2, -0.15) is 0 Å². The minimum absolute atomic E-state index is 0.0703. The van der Waals surface area contributed by atoms with Crippen LogP contribution in [0.1, 0.15) is 12.0 Å². The van der Waals surface area contributed by atoms with Gasteiger partial charge in [0.1, 0.15) is 19.9 Å². The van der Waals surface area contributed by atoms with E-state index >= 15 is 0 Å². The van der Waals surface area contributed by atoms with E-state index in [-0.39, 0.29) is 5.92 Å². The van der Waals surface area contributed by atoms with Gasteiger partial charge in [0.15, 0.2) is 0 Å². The second kappa shape index (κ2) is 11.2. The monoisotopic (exact) mass is 583 g/mol. The molecular weight excluding hydrogens is 558 g/mol. The van der Waals surface area contributed by atoms with Crippen molar-refractivity contribution in [1.29, 1.82) is 0 Å². The van der Waals surface area contributed by atoms with E-state index in [0.29, 0.717) is 5.75 Å². The van der Waals surface area contributed by atoms with Gasteiger partial charge < -0.3 is 4.74 Å². The Hall–Kier alpha value is -2.33. The molecule has 2 aromatic rings. The van der Waals surface area contributed by atoms with Crippen molar-refractivity contribution in [1.82, 2.24) is 0 Å². The van der Waals surface area contributed by atoms with Crippen LogP contribution in [-0.2, 0) is 0 Å². The molecule has 170 valence electrons. The SMILES string of the molecule is C=CC[C@H](C=C(Br)Br)C1=C[C@@H](C#C[Si](C)(C)C)N(C(=O)Oc2ccccc2)c2ccccc21. The number of allylic oxidation sites excluding steroid dienone is 3. The van der Waals surface area contributed by atoms with Crippen LogP contribution in [0.4, 0.5) is 10.5 Å². The number of anilines is 1. The highest BCUT2D eigenvalue weighted by atomic mass is 79.9. The number of benzene rings is 2. The molecule has 1 aliphatic heterocycles. The van der Waals surface area contributed by atoms with Gasteiger partial charge in [-0.15, -0.1) is 12.1 Å². The highest BCUT2D eigenvalue weighted by molar-refractivity contribution is 9.28. The molecule has 0 fully saturated rings. The second-order valence-corrected chi connectivity index (χ2v) is 16.3. The lowest BCUT2D eigenvalue weighted by Crippen LogP contribution is -2.43. The van der Waals surface area contributed by atoms with Crippen LogP contribution in [0.25, 0.3) is 5.57 Å². The molecule has 0 spiro atoms.